The summed E-state index contributed by atoms with van der Waals surface area (Å²) >= 11 is 0. The number of carbonyl (C=O) groups excluding carboxylic acids is 1. The van der Waals surface area contributed by atoms with Crippen molar-refractivity contribution < 1.29 is 9.90 Å². The van der Waals surface area contributed by atoms with Crippen LogP contribution in [-0.4, -0.2) is 17.0 Å². The van der Waals surface area contributed by atoms with Crippen molar-refractivity contribution in [3.8, 4) is 0 Å². The van der Waals surface area contributed by atoms with E-state index in [0.29, 0.717) is 23.0 Å². The van der Waals surface area contributed by atoms with Crippen LogP contribution in [0.1, 0.15) is 105 Å². The lowest BCUT2D eigenvalue weighted by atomic mass is 9.44. The summed E-state index contributed by atoms with van der Waals surface area (Å²) in [6, 6.07) is 0. The van der Waals surface area contributed by atoms with E-state index in [1.807, 2.05) is 0 Å². The number of carbonyl (C=O) groups is 1. The second kappa shape index (κ2) is 7.95. The Hall–Kier alpha value is -0.370. The van der Waals surface area contributed by atoms with E-state index in [4.69, 9.17) is 0 Å². The Balaban J connectivity index is 1.50. The highest BCUT2D eigenvalue weighted by atomic mass is 16.3. The molecule has 0 aromatic carbocycles. The Morgan fingerprint density at radius 2 is 1.66 bits per heavy atom. The average Bonchev–Trinajstić information content (AvgIpc) is 3.00. The first-order valence-electron chi connectivity index (χ1n) is 12.9. The number of Topliss-reactive ketones (excluding diaryl/α,β-unsaturated/α-hetero) is 1. The van der Waals surface area contributed by atoms with Gasteiger partial charge < -0.3 is 5.11 Å². The molecule has 4 aliphatic rings. The zero-order valence-electron chi connectivity index (χ0n) is 19.8. The van der Waals surface area contributed by atoms with E-state index in [9.17, 15) is 9.90 Å². The quantitative estimate of drug-likeness (QED) is 0.559. The largest absolute Gasteiger partial charge is 0.393 e. The summed E-state index contributed by atoms with van der Waals surface area (Å²) in [7, 11) is 0. The van der Waals surface area contributed by atoms with Crippen molar-refractivity contribution in [3.05, 3.63) is 0 Å². The maximum Gasteiger partial charge on any atom is 0.136 e. The summed E-state index contributed by atoms with van der Waals surface area (Å²) in [5.41, 5.74) is 0.609. The molecule has 0 aromatic rings. The lowest BCUT2D eigenvalue weighted by Crippen LogP contribution is -2.57. The van der Waals surface area contributed by atoms with Crippen molar-refractivity contribution in [2.45, 2.75) is 111 Å². The van der Waals surface area contributed by atoms with Crippen molar-refractivity contribution in [2.75, 3.05) is 0 Å². The minimum Gasteiger partial charge on any atom is -0.393 e. The third kappa shape index (κ3) is 3.64. The number of ketones is 1. The van der Waals surface area contributed by atoms with Crippen LogP contribution in [0.25, 0.3) is 0 Å². The van der Waals surface area contributed by atoms with Crippen LogP contribution in [0.3, 0.4) is 0 Å². The molecule has 9 atom stereocenters. The highest BCUT2D eigenvalue weighted by molar-refractivity contribution is 5.83. The number of aliphatic hydroxyl groups excluding tert-OH is 1. The predicted octanol–water partition coefficient (Wildman–Crippen LogP) is 6.65. The van der Waals surface area contributed by atoms with Gasteiger partial charge in [-0.1, -0.05) is 53.9 Å². The number of rotatable bonds is 5. The summed E-state index contributed by atoms with van der Waals surface area (Å²) in [5, 5.41) is 10.2. The first kappa shape index (κ1) is 21.8. The molecule has 0 amide bonds. The molecule has 0 saturated heterocycles. The van der Waals surface area contributed by atoms with Crippen LogP contribution in [0.2, 0.25) is 0 Å². The number of fused-ring (bicyclic) bond motifs is 5. The van der Waals surface area contributed by atoms with Gasteiger partial charge in [0.1, 0.15) is 5.78 Å². The smallest absolute Gasteiger partial charge is 0.136 e. The highest BCUT2D eigenvalue weighted by Gasteiger charge is 2.62. The van der Waals surface area contributed by atoms with Gasteiger partial charge in [-0.15, -0.1) is 0 Å². The Labute approximate surface area is 179 Å². The van der Waals surface area contributed by atoms with Gasteiger partial charge in [0.05, 0.1) is 6.10 Å². The fourth-order valence-electron chi connectivity index (χ4n) is 9.04. The van der Waals surface area contributed by atoms with Gasteiger partial charge in [-0.05, 0) is 91.3 Å². The number of hydrogen-bond acceptors (Lipinski definition) is 2. The first-order chi connectivity index (χ1) is 13.7. The molecule has 4 aliphatic carbocycles. The Morgan fingerprint density at radius 1 is 0.966 bits per heavy atom. The van der Waals surface area contributed by atoms with Crippen LogP contribution in [-0.2, 0) is 4.79 Å². The molecule has 0 aliphatic heterocycles. The van der Waals surface area contributed by atoms with Gasteiger partial charge in [0.2, 0.25) is 0 Å². The molecular formula is C27H46O2. The number of aliphatic hydroxyl groups is 1. The van der Waals surface area contributed by atoms with Gasteiger partial charge in [-0.2, -0.15) is 0 Å². The molecule has 0 spiro atoms. The molecule has 4 rings (SSSR count). The maximum atomic E-state index is 13.2. The van der Waals surface area contributed by atoms with E-state index in [1.165, 1.54) is 44.9 Å². The molecule has 0 radical (unpaired) electrons. The minimum absolute atomic E-state index is 0.129. The van der Waals surface area contributed by atoms with E-state index in [-0.39, 0.29) is 17.4 Å². The molecule has 1 N–H and O–H groups in total. The molecule has 4 saturated carbocycles. The average molecular weight is 403 g/mol. The molecular weight excluding hydrogens is 356 g/mol. The zero-order valence-corrected chi connectivity index (χ0v) is 19.8. The molecule has 166 valence electrons. The van der Waals surface area contributed by atoms with Gasteiger partial charge >= 0.3 is 0 Å². The Bertz CT molecular complexity index is 612. The summed E-state index contributed by atoms with van der Waals surface area (Å²) < 4.78 is 0. The highest BCUT2D eigenvalue weighted by Crippen LogP contribution is 2.67. The van der Waals surface area contributed by atoms with Crippen molar-refractivity contribution in [1.29, 1.82) is 0 Å². The van der Waals surface area contributed by atoms with E-state index in [0.717, 1.165) is 49.4 Å². The lowest BCUT2D eigenvalue weighted by molar-refractivity contribution is -0.160. The molecule has 0 unspecified atom stereocenters. The van der Waals surface area contributed by atoms with Crippen LogP contribution in [0.15, 0.2) is 0 Å². The summed E-state index contributed by atoms with van der Waals surface area (Å²) in [6.45, 7) is 12.2. The third-order valence-electron chi connectivity index (χ3n) is 10.6. The van der Waals surface area contributed by atoms with Crippen LogP contribution in [0.5, 0.6) is 0 Å². The summed E-state index contributed by atoms with van der Waals surface area (Å²) in [5.74, 6) is 5.21. The number of hydrogen-bond donors (Lipinski definition) is 1. The standard InChI is InChI=1S/C27H46O2/c1-17(2)7-6-8-18(3)21-9-10-22-20-16-25(29)24-15-19(28)11-13-27(24,5)23(20)12-14-26(21,22)4/h17-24,28H,6-16H2,1-5H3/t18-,19+,20-,21-,22+,23+,24+,26+,27+/m0/s1. The van der Waals surface area contributed by atoms with E-state index >= 15 is 0 Å². The Kier molecular flexibility index (Phi) is 5.99. The fraction of sp³-hybridized carbons (Fsp3) is 0.963. The zero-order chi connectivity index (χ0) is 21.0. The second-order valence-electron chi connectivity index (χ2n) is 12.6. The van der Waals surface area contributed by atoms with Crippen molar-refractivity contribution in [3.63, 3.8) is 0 Å². The molecule has 29 heavy (non-hydrogen) atoms. The summed E-state index contributed by atoms with van der Waals surface area (Å²) in [6.07, 6.45) is 12.8. The molecule has 2 nitrogen and oxygen atoms in total. The lowest BCUT2D eigenvalue weighted by Gasteiger charge is -2.60. The molecule has 0 bridgehead atoms. The molecule has 4 fully saturated rings. The second-order valence-corrected chi connectivity index (χ2v) is 12.6. The summed E-state index contributed by atoms with van der Waals surface area (Å²) in [4.78, 5) is 13.2. The van der Waals surface area contributed by atoms with Crippen molar-refractivity contribution in [2.24, 2.45) is 52.3 Å². The minimum atomic E-state index is -0.245. The van der Waals surface area contributed by atoms with E-state index < -0.39 is 0 Å². The topological polar surface area (TPSA) is 37.3 Å². The Morgan fingerprint density at radius 3 is 2.38 bits per heavy atom. The normalized spacial score (nSPS) is 48.2. The maximum absolute atomic E-state index is 13.2. The van der Waals surface area contributed by atoms with Crippen LogP contribution in [0, 0.1) is 52.3 Å². The third-order valence-corrected chi connectivity index (χ3v) is 10.6. The monoisotopic (exact) mass is 402 g/mol. The van der Waals surface area contributed by atoms with Crippen molar-refractivity contribution in [1.82, 2.24) is 0 Å². The van der Waals surface area contributed by atoms with Crippen LogP contribution >= 0.6 is 0 Å². The van der Waals surface area contributed by atoms with Gasteiger partial charge in [0, 0.05) is 12.3 Å². The van der Waals surface area contributed by atoms with E-state index in [2.05, 4.69) is 34.6 Å². The van der Waals surface area contributed by atoms with Crippen molar-refractivity contribution >= 4 is 5.78 Å². The predicted molar refractivity (Wildman–Crippen MR) is 119 cm³/mol. The van der Waals surface area contributed by atoms with E-state index in [1.54, 1.807) is 0 Å². The van der Waals surface area contributed by atoms with Gasteiger partial charge in [-0.25, -0.2) is 0 Å². The van der Waals surface area contributed by atoms with Gasteiger partial charge in [0.15, 0.2) is 0 Å². The molecule has 0 heterocycles. The van der Waals surface area contributed by atoms with Crippen LogP contribution < -0.4 is 0 Å². The van der Waals surface area contributed by atoms with Gasteiger partial charge in [0.25, 0.3) is 0 Å². The van der Waals surface area contributed by atoms with Crippen LogP contribution in [0.4, 0.5) is 0 Å². The fourth-order valence-corrected chi connectivity index (χ4v) is 9.04. The molecule has 0 aromatic heterocycles. The first-order valence-corrected chi connectivity index (χ1v) is 12.9. The SMILES string of the molecule is CC(C)CCC[C@H](C)[C@@H]1CC[C@@H]2[C@@H]3CC(=O)[C@H]4C[C@H](O)CC[C@]4(C)[C@@H]3CC[C@@]21C. The van der Waals surface area contributed by atoms with Gasteiger partial charge in [-0.3, -0.25) is 4.79 Å². The molecule has 2 heteroatoms.